The van der Waals surface area contributed by atoms with E-state index in [1.807, 2.05) is 13.8 Å². The number of carbonyl (C=O) groups is 2. The second-order valence-electron chi connectivity index (χ2n) is 6.13. The highest BCUT2D eigenvalue weighted by Crippen LogP contribution is 2.02. The van der Waals surface area contributed by atoms with Gasteiger partial charge in [-0.15, -0.1) is 0 Å². The minimum atomic E-state index is -1.25. The van der Waals surface area contributed by atoms with Gasteiger partial charge in [0.05, 0.1) is 65.5 Å². The van der Waals surface area contributed by atoms with Gasteiger partial charge in [-0.1, -0.05) is 13.8 Å². The molecule has 8 nitrogen and oxygen atoms in total. The fourth-order valence-electron chi connectivity index (χ4n) is 1.72. The highest BCUT2D eigenvalue weighted by Gasteiger charge is 2.15. The monoisotopic (exact) mass is 395 g/mol. The van der Waals surface area contributed by atoms with Gasteiger partial charge in [-0.2, -0.15) is 0 Å². The second-order valence-corrected chi connectivity index (χ2v) is 6.13. The van der Waals surface area contributed by atoms with Crippen LogP contribution in [0.2, 0.25) is 0 Å². The maximum Gasteiger partial charge on any atom is 0.207 e. The van der Waals surface area contributed by atoms with Crippen LogP contribution in [0, 0.1) is 5.92 Å². The summed E-state index contributed by atoms with van der Waals surface area (Å²) < 4.78 is 39.9. The molecule has 0 saturated carbocycles. The molecule has 0 fully saturated rings. The number of carbonyl (C=O) groups excluding carboxylic acids is 2. The van der Waals surface area contributed by atoms with E-state index in [1.165, 1.54) is 0 Å². The zero-order valence-corrected chi connectivity index (χ0v) is 16.6. The van der Waals surface area contributed by atoms with Crippen LogP contribution in [-0.2, 0) is 33.3 Å². The van der Waals surface area contributed by atoms with Crippen molar-refractivity contribution in [2.75, 3.05) is 66.0 Å². The molecule has 2 atom stereocenters. The first kappa shape index (κ1) is 25.9. The van der Waals surface area contributed by atoms with Crippen LogP contribution >= 0.6 is 0 Å². The minimum absolute atomic E-state index is 0.0113. The number of hydrogen-bond acceptors (Lipinski definition) is 7. The van der Waals surface area contributed by atoms with Crippen LogP contribution in [0.4, 0.5) is 4.39 Å². The van der Waals surface area contributed by atoms with Gasteiger partial charge in [0, 0.05) is 5.92 Å². The van der Waals surface area contributed by atoms with Crippen LogP contribution in [0.25, 0.3) is 0 Å². The summed E-state index contributed by atoms with van der Waals surface area (Å²) in [5.74, 6) is 0.0698. The number of rotatable bonds is 20. The van der Waals surface area contributed by atoms with Gasteiger partial charge in [0.25, 0.3) is 0 Å². The molecule has 0 aliphatic carbocycles. The number of nitrogens with one attached hydrogen (secondary N) is 1. The fourth-order valence-corrected chi connectivity index (χ4v) is 1.72. The smallest absolute Gasteiger partial charge is 0.207 e. The molecule has 2 unspecified atom stereocenters. The Bertz CT molecular complexity index is 372. The molecule has 0 rings (SSSR count). The van der Waals surface area contributed by atoms with Crippen molar-refractivity contribution in [2.24, 2.45) is 5.92 Å². The van der Waals surface area contributed by atoms with Gasteiger partial charge in [0.15, 0.2) is 5.78 Å². The van der Waals surface area contributed by atoms with E-state index in [-0.39, 0.29) is 31.5 Å². The number of amides is 1. The Kier molecular flexibility index (Phi) is 17.5. The van der Waals surface area contributed by atoms with Crippen molar-refractivity contribution in [1.82, 2.24) is 5.32 Å². The molecule has 0 radical (unpaired) electrons. The van der Waals surface area contributed by atoms with Gasteiger partial charge >= 0.3 is 0 Å². The lowest BCUT2D eigenvalue weighted by Crippen LogP contribution is -2.33. The Labute approximate surface area is 161 Å². The topological polar surface area (TPSA) is 92.3 Å². The predicted octanol–water partition coefficient (Wildman–Crippen LogP) is 0.767. The summed E-state index contributed by atoms with van der Waals surface area (Å²) in [6.07, 6.45) is -1.40. The summed E-state index contributed by atoms with van der Waals surface area (Å²) in [6, 6.07) is 0. The Hall–Kier alpha value is -1.13. The summed E-state index contributed by atoms with van der Waals surface area (Å²) in [7, 11) is 0. The maximum absolute atomic E-state index is 13.5. The zero-order valence-electron chi connectivity index (χ0n) is 16.6. The van der Waals surface area contributed by atoms with Gasteiger partial charge in [0.1, 0.15) is 12.8 Å². The molecule has 0 heterocycles. The molecule has 9 heteroatoms. The SMILES string of the molecule is CC(C)C(=O)COCCOCCOCCOCCOC(C)C(F)CNC=O. The van der Waals surface area contributed by atoms with E-state index in [2.05, 4.69) is 5.32 Å². The van der Waals surface area contributed by atoms with Gasteiger partial charge in [-0.25, -0.2) is 4.39 Å². The third kappa shape index (κ3) is 16.7. The van der Waals surface area contributed by atoms with Crippen molar-refractivity contribution in [2.45, 2.75) is 33.0 Å². The summed E-state index contributed by atoms with van der Waals surface area (Å²) in [5.41, 5.74) is 0. The summed E-state index contributed by atoms with van der Waals surface area (Å²) >= 11 is 0. The van der Waals surface area contributed by atoms with Gasteiger partial charge in [0.2, 0.25) is 6.41 Å². The second kappa shape index (κ2) is 18.2. The molecule has 27 heavy (non-hydrogen) atoms. The third-order valence-electron chi connectivity index (χ3n) is 3.52. The van der Waals surface area contributed by atoms with Crippen molar-refractivity contribution in [1.29, 1.82) is 0 Å². The molecular formula is C18H34FNO7. The lowest BCUT2D eigenvalue weighted by Gasteiger charge is -2.17. The number of ether oxygens (including phenoxy) is 5. The molecule has 0 spiro atoms. The average Bonchev–Trinajstić information content (AvgIpc) is 2.65. The van der Waals surface area contributed by atoms with E-state index >= 15 is 0 Å². The molecule has 0 bridgehead atoms. The lowest BCUT2D eigenvalue weighted by atomic mass is 10.1. The number of halogens is 1. The van der Waals surface area contributed by atoms with Crippen LogP contribution in [0.15, 0.2) is 0 Å². The summed E-state index contributed by atoms with van der Waals surface area (Å²) in [5, 5.41) is 2.27. The first-order chi connectivity index (χ1) is 13.0. The molecule has 0 saturated heterocycles. The Morgan fingerprint density at radius 3 is 1.85 bits per heavy atom. The third-order valence-corrected chi connectivity index (χ3v) is 3.52. The van der Waals surface area contributed by atoms with Crippen LogP contribution in [-0.4, -0.2) is 90.5 Å². The van der Waals surface area contributed by atoms with Crippen LogP contribution < -0.4 is 5.32 Å². The van der Waals surface area contributed by atoms with E-state index in [0.717, 1.165) is 0 Å². The first-order valence-corrected chi connectivity index (χ1v) is 9.25. The number of hydrogen-bond donors (Lipinski definition) is 1. The fraction of sp³-hybridized carbons (Fsp3) is 0.889. The first-order valence-electron chi connectivity index (χ1n) is 9.25. The van der Waals surface area contributed by atoms with E-state index in [9.17, 15) is 14.0 Å². The van der Waals surface area contributed by atoms with Crippen LogP contribution in [0.5, 0.6) is 0 Å². The molecule has 0 aromatic carbocycles. The van der Waals surface area contributed by atoms with Gasteiger partial charge in [-0.05, 0) is 6.92 Å². The highest BCUT2D eigenvalue weighted by atomic mass is 19.1. The predicted molar refractivity (Wildman–Crippen MR) is 97.5 cm³/mol. The average molecular weight is 395 g/mol. The molecule has 160 valence electrons. The van der Waals surface area contributed by atoms with Gasteiger partial charge < -0.3 is 29.0 Å². The Morgan fingerprint density at radius 2 is 1.37 bits per heavy atom. The standard InChI is InChI=1S/C18H34FNO7/c1-15(2)18(22)13-26-9-8-24-5-4-23-6-7-25-10-11-27-16(3)17(19)12-20-14-21/h14-17H,4-13H2,1-3H3,(H,20,21). The molecule has 0 aromatic heterocycles. The number of alkyl halides is 1. The van der Waals surface area contributed by atoms with Crippen molar-refractivity contribution in [3.63, 3.8) is 0 Å². The molecule has 1 amide bonds. The van der Waals surface area contributed by atoms with E-state index in [0.29, 0.717) is 52.7 Å². The molecule has 0 aromatic rings. The van der Waals surface area contributed by atoms with Gasteiger partial charge in [-0.3, -0.25) is 9.59 Å². The number of Topliss-reactive ketones (excluding diaryl/α,β-unsaturated/α-hetero) is 1. The lowest BCUT2D eigenvalue weighted by molar-refractivity contribution is -0.127. The largest absolute Gasteiger partial charge is 0.377 e. The quantitative estimate of drug-likeness (QED) is 0.240. The maximum atomic E-state index is 13.5. The number of ketones is 1. The highest BCUT2D eigenvalue weighted by molar-refractivity contribution is 5.81. The zero-order chi connectivity index (χ0) is 20.3. The van der Waals surface area contributed by atoms with Crippen molar-refractivity contribution >= 4 is 12.2 Å². The van der Waals surface area contributed by atoms with Crippen LogP contribution in [0.1, 0.15) is 20.8 Å². The van der Waals surface area contributed by atoms with Crippen molar-refractivity contribution < 1.29 is 37.7 Å². The van der Waals surface area contributed by atoms with E-state index < -0.39 is 12.3 Å². The van der Waals surface area contributed by atoms with E-state index in [1.54, 1.807) is 6.92 Å². The molecule has 0 aliphatic rings. The Balaban J connectivity index is 3.25. The molecular weight excluding hydrogens is 361 g/mol. The Morgan fingerprint density at radius 1 is 0.889 bits per heavy atom. The molecule has 0 aliphatic heterocycles. The minimum Gasteiger partial charge on any atom is -0.377 e. The summed E-state index contributed by atoms with van der Waals surface area (Å²) in [4.78, 5) is 21.4. The van der Waals surface area contributed by atoms with E-state index in [4.69, 9.17) is 23.7 Å². The van der Waals surface area contributed by atoms with Crippen molar-refractivity contribution in [3.05, 3.63) is 0 Å². The molecule has 1 N–H and O–H groups in total. The van der Waals surface area contributed by atoms with Crippen molar-refractivity contribution in [3.8, 4) is 0 Å². The van der Waals surface area contributed by atoms with Crippen LogP contribution in [0.3, 0.4) is 0 Å². The summed E-state index contributed by atoms with van der Waals surface area (Å²) in [6.45, 7) is 8.45. The normalized spacial score (nSPS) is 13.5.